The Kier molecular flexibility index (Phi) is 6.15. The molecule has 4 nitrogen and oxygen atoms in total. The molecule has 1 aromatic carbocycles. The molecule has 1 N–H and O–H groups in total. The Balaban J connectivity index is 2.31. The largest absolute Gasteiger partial charge is 0.394 e. The van der Waals surface area contributed by atoms with Gasteiger partial charge in [0.05, 0.1) is 18.9 Å². The maximum absolute atomic E-state index is 13.4. The van der Waals surface area contributed by atoms with Gasteiger partial charge in [0.15, 0.2) is 0 Å². The van der Waals surface area contributed by atoms with Crippen molar-refractivity contribution in [1.29, 1.82) is 0 Å². The van der Waals surface area contributed by atoms with Gasteiger partial charge in [-0.1, -0.05) is 25.6 Å². The van der Waals surface area contributed by atoms with Crippen molar-refractivity contribution < 1.29 is 18.6 Å². The Hall–Kier alpha value is -1.44. The number of halogens is 2. The predicted octanol–water partition coefficient (Wildman–Crippen LogP) is 3.48. The SMILES string of the molecule is CC(C)c1nc(COCCO)n(C)c1Sc1cc(F)cc(F)c1. The van der Waals surface area contributed by atoms with Gasteiger partial charge in [0, 0.05) is 18.0 Å². The first-order valence-corrected chi connectivity index (χ1v) is 8.12. The van der Waals surface area contributed by atoms with Crippen LogP contribution in [0.25, 0.3) is 0 Å². The lowest BCUT2D eigenvalue weighted by molar-refractivity contribution is 0.0762. The Bertz CT molecular complexity index is 654. The molecule has 0 unspecified atom stereocenters. The van der Waals surface area contributed by atoms with Crippen LogP contribution in [-0.4, -0.2) is 27.9 Å². The lowest BCUT2D eigenvalue weighted by atomic mass is 10.2. The number of aliphatic hydroxyl groups is 1. The summed E-state index contributed by atoms with van der Waals surface area (Å²) in [7, 11) is 1.84. The van der Waals surface area contributed by atoms with Crippen LogP contribution >= 0.6 is 11.8 Å². The quantitative estimate of drug-likeness (QED) is 0.783. The van der Waals surface area contributed by atoms with Gasteiger partial charge in [-0.25, -0.2) is 13.8 Å². The summed E-state index contributed by atoms with van der Waals surface area (Å²) in [6.45, 7) is 4.48. The van der Waals surface area contributed by atoms with Crippen LogP contribution in [-0.2, 0) is 18.4 Å². The van der Waals surface area contributed by atoms with Crippen molar-refractivity contribution in [3.63, 3.8) is 0 Å². The molecule has 0 saturated heterocycles. The van der Waals surface area contributed by atoms with Gasteiger partial charge in [0.1, 0.15) is 29.1 Å². The van der Waals surface area contributed by atoms with E-state index < -0.39 is 11.6 Å². The van der Waals surface area contributed by atoms with Crippen molar-refractivity contribution in [3.8, 4) is 0 Å². The van der Waals surface area contributed by atoms with Crippen molar-refractivity contribution in [2.45, 2.75) is 36.3 Å². The molecule has 0 atom stereocenters. The molecule has 1 aromatic heterocycles. The summed E-state index contributed by atoms with van der Waals surface area (Å²) < 4.78 is 33.9. The van der Waals surface area contributed by atoms with E-state index in [9.17, 15) is 8.78 Å². The van der Waals surface area contributed by atoms with Crippen LogP contribution in [0.5, 0.6) is 0 Å². The molecule has 0 spiro atoms. The Morgan fingerprint density at radius 3 is 2.48 bits per heavy atom. The summed E-state index contributed by atoms with van der Waals surface area (Å²) >= 11 is 1.27. The average Bonchev–Trinajstić information content (AvgIpc) is 2.76. The van der Waals surface area contributed by atoms with Gasteiger partial charge in [-0.3, -0.25) is 0 Å². The normalized spacial score (nSPS) is 11.4. The molecule has 7 heteroatoms. The molecule has 0 aliphatic rings. The van der Waals surface area contributed by atoms with Gasteiger partial charge in [-0.05, 0) is 18.1 Å². The van der Waals surface area contributed by atoms with E-state index in [0.717, 1.165) is 16.8 Å². The van der Waals surface area contributed by atoms with Crippen LogP contribution in [0.2, 0.25) is 0 Å². The van der Waals surface area contributed by atoms with E-state index in [4.69, 9.17) is 9.84 Å². The fourth-order valence-electron chi connectivity index (χ4n) is 2.10. The summed E-state index contributed by atoms with van der Waals surface area (Å²) in [5.74, 6) is -0.338. The zero-order chi connectivity index (χ0) is 17.0. The second kappa shape index (κ2) is 7.90. The third-order valence-corrected chi connectivity index (χ3v) is 4.37. The van der Waals surface area contributed by atoms with Crippen LogP contribution in [0, 0.1) is 11.6 Å². The first-order valence-electron chi connectivity index (χ1n) is 7.30. The smallest absolute Gasteiger partial charge is 0.135 e. The minimum absolute atomic E-state index is 0.0500. The minimum atomic E-state index is -0.604. The van der Waals surface area contributed by atoms with Gasteiger partial charge in [-0.2, -0.15) is 0 Å². The molecule has 0 amide bonds. The number of aliphatic hydroxyl groups excluding tert-OH is 1. The predicted molar refractivity (Wildman–Crippen MR) is 84.5 cm³/mol. The number of hydrogen-bond acceptors (Lipinski definition) is 4. The molecule has 23 heavy (non-hydrogen) atoms. The third-order valence-electron chi connectivity index (χ3n) is 3.22. The van der Waals surface area contributed by atoms with Gasteiger partial charge >= 0.3 is 0 Å². The van der Waals surface area contributed by atoms with Crippen LogP contribution in [0.4, 0.5) is 8.78 Å². The van der Waals surface area contributed by atoms with Gasteiger partial charge < -0.3 is 14.4 Å². The fourth-order valence-corrected chi connectivity index (χ4v) is 3.30. The summed E-state index contributed by atoms with van der Waals surface area (Å²) in [5.41, 5.74) is 0.852. The van der Waals surface area contributed by atoms with E-state index in [-0.39, 0.29) is 25.7 Å². The fraction of sp³-hybridized carbons (Fsp3) is 0.438. The second-order valence-corrected chi connectivity index (χ2v) is 6.48. The first kappa shape index (κ1) is 17.9. The highest BCUT2D eigenvalue weighted by Gasteiger charge is 2.19. The van der Waals surface area contributed by atoms with Crippen LogP contribution in [0.1, 0.15) is 31.3 Å². The van der Waals surface area contributed by atoms with E-state index in [1.165, 1.54) is 23.9 Å². The van der Waals surface area contributed by atoms with E-state index in [1.54, 1.807) is 0 Å². The molecule has 0 saturated carbocycles. The molecule has 0 radical (unpaired) electrons. The molecule has 0 aliphatic carbocycles. The monoisotopic (exact) mass is 342 g/mol. The number of imidazole rings is 1. The third kappa shape index (κ3) is 4.53. The molecule has 1 heterocycles. The number of rotatable bonds is 7. The highest BCUT2D eigenvalue weighted by Crippen LogP contribution is 2.35. The van der Waals surface area contributed by atoms with Gasteiger partial charge in [-0.15, -0.1) is 0 Å². The molecule has 0 fully saturated rings. The Morgan fingerprint density at radius 1 is 1.26 bits per heavy atom. The topological polar surface area (TPSA) is 47.3 Å². The van der Waals surface area contributed by atoms with E-state index in [0.29, 0.717) is 10.7 Å². The zero-order valence-electron chi connectivity index (χ0n) is 13.3. The molecule has 2 aromatic rings. The summed E-state index contributed by atoms with van der Waals surface area (Å²) in [6.07, 6.45) is 0. The molecular formula is C16H20F2N2O2S. The minimum Gasteiger partial charge on any atom is -0.394 e. The molecule has 126 valence electrons. The summed E-state index contributed by atoms with van der Waals surface area (Å²) in [4.78, 5) is 5.05. The van der Waals surface area contributed by atoms with Crippen molar-refractivity contribution >= 4 is 11.8 Å². The lowest BCUT2D eigenvalue weighted by Gasteiger charge is -2.09. The number of hydrogen-bond donors (Lipinski definition) is 1. The highest BCUT2D eigenvalue weighted by atomic mass is 32.2. The summed E-state index contributed by atoms with van der Waals surface area (Å²) in [5, 5.41) is 9.61. The molecule has 0 bridgehead atoms. The van der Waals surface area contributed by atoms with Crippen LogP contribution in [0.15, 0.2) is 28.1 Å². The first-order chi connectivity index (χ1) is 10.9. The zero-order valence-corrected chi connectivity index (χ0v) is 14.2. The van der Waals surface area contributed by atoms with Crippen molar-refractivity contribution in [2.24, 2.45) is 7.05 Å². The number of nitrogens with zero attached hydrogens (tertiary/aromatic N) is 2. The molecular weight excluding hydrogens is 322 g/mol. The summed E-state index contributed by atoms with van der Waals surface area (Å²) in [6, 6.07) is 3.45. The number of aromatic nitrogens is 2. The second-order valence-electron chi connectivity index (χ2n) is 5.42. The maximum Gasteiger partial charge on any atom is 0.135 e. The number of benzene rings is 1. The maximum atomic E-state index is 13.4. The van der Waals surface area contributed by atoms with Crippen molar-refractivity contribution in [1.82, 2.24) is 9.55 Å². The van der Waals surface area contributed by atoms with Gasteiger partial charge in [0.2, 0.25) is 0 Å². The molecule has 2 rings (SSSR count). The molecule has 0 aliphatic heterocycles. The van der Waals surface area contributed by atoms with Gasteiger partial charge in [0.25, 0.3) is 0 Å². The Morgan fingerprint density at radius 2 is 1.91 bits per heavy atom. The highest BCUT2D eigenvalue weighted by molar-refractivity contribution is 7.99. The van der Waals surface area contributed by atoms with E-state index in [1.807, 2.05) is 25.5 Å². The average molecular weight is 342 g/mol. The number of ether oxygens (including phenoxy) is 1. The van der Waals surface area contributed by atoms with Crippen LogP contribution in [0.3, 0.4) is 0 Å². The van der Waals surface area contributed by atoms with Crippen molar-refractivity contribution in [3.05, 3.63) is 41.4 Å². The standard InChI is InChI=1S/C16H20F2N2O2S/c1-10(2)15-16(20(3)14(19-15)9-22-5-4-21)23-13-7-11(17)6-12(18)8-13/h6-8,10,21H,4-5,9H2,1-3H3. The Labute approximate surface area is 138 Å². The van der Waals surface area contributed by atoms with E-state index >= 15 is 0 Å². The van der Waals surface area contributed by atoms with E-state index in [2.05, 4.69) is 4.98 Å². The van der Waals surface area contributed by atoms with Crippen LogP contribution < -0.4 is 0 Å². The van der Waals surface area contributed by atoms with Crippen molar-refractivity contribution in [2.75, 3.05) is 13.2 Å². The lowest BCUT2D eigenvalue weighted by Crippen LogP contribution is -2.05.